The summed E-state index contributed by atoms with van der Waals surface area (Å²) in [7, 11) is 0. The maximum Gasteiger partial charge on any atom is 0.306 e. The Kier molecular flexibility index (Phi) is 70.5. The van der Waals surface area contributed by atoms with E-state index < -0.39 is 6.10 Å². The van der Waals surface area contributed by atoms with E-state index in [1.54, 1.807) is 0 Å². The van der Waals surface area contributed by atoms with Crippen LogP contribution in [0.5, 0.6) is 0 Å². The molecule has 1 atom stereocenters. The molecule has 0 aromatic rings. The second kappa shape index (κ2) is 71.9. The summed E-state index contributed by atoms with van der Waals surface area (Å²) in [6, 6.07) is 0. The lowest BCUT2D eigenvalue weighted by Gasteiger charge is -2.18. The van der Waals surface area contributed by atoms with E-state index in [2.05, 4.69) is 20.8 Å². The summed E-state index contributed by atoms with van der Waals surface area (Å²) in [5, 5.41) is 0. The average molecular weight is 1160 g/mol. The Morgan fingerprint density at radius 2 is 0.329 bits per heavy atom. The monoisotopic (exact) mass is 1160 g/mol. The van der Waals surface area contributed by atoms with Crippen molar-refractivity contribution in [3.63, 3.8) is 0 Å². The van der Waals surface area contributed by atoms with Crippen molar-refractivity contribution in [1.29, 1.82) is 0 Å². The zero-order valence-electron chi connectivity index (χ0n) is 56.3. The third kappa shape index (κ3) is 69.2. The van der Waals surface area contributed by atoms with Crippen molar-refractivity contribution in [2.75, 3.05) is 13.2 Å². The van der Waals surface area contributed by atoms with Crippen molar-refractivity contribution < 1.29 is 28.6 Å². The topological polar surface area (TPSA) is 78.9 Å². The minimum Gasteiger partial charge on any atom is -0.462 e. The highest BCUT2D eigenvalue weighted by molar-refractivity contribution is 5.71. The zero-order chi connectivity index (χ0) is 59.2. The molecule has 0 aromatic carbocycles. The van der Waals surface area contributed by atoms with E-state index in [4.69, 9.17) is 14.2 Å². The first-order valence-electron chi connectivity index (χ1n) is 38.0. The van der Waals surface area contributed by atoms with Gasteiger partial charge in [0, 0.05) is 19.3 Å². The number of carbonyl (C=O) groups excluding carboxylic acids is 3. The van der Waals surface area contributed by atoms with E-state index in [1.165, 1.54) is 353 Å². The second-order valence-corrected chi connectivity index (χ2v) is 26.3. The molecule has 6 heteroatoms. The van der Waals surface area contributed by atoms with Crippen molar-refractivity contribution in [3.05, 3.63) is 0 Å². The SMILES string of the molecule is CCCCCCCCCCCCCCCCCCCCCCCCCCCCCCCCCCCCC(=O)OCC(COC(=O)CCCCCCCC)OC(=O)CCCCCCCCCCCCCCCCCCCCCCCCCC. The Balaban J connectivity index is 3.87. The Morgan fingerprint density at radius 3 is 0.488 bits per heavy atom. The van der Waals surface area contributed by atoms with Gasteiger partial charge < -0.3 is 14.2 Å². The molecule has 0 N–H and O–H groups in total. The summed E-state index contributed by atoms with van der Waals surface area (Å²) in [4.78, 5) is 38.1. The van der Waals surface area contributed by atoms with Gasteiger partial charge in [0.2, 0.25) is 0 Å². The quantitative estimate of drug-likeness (QED) is 0.0343. The lowest BCUT2D eigenvalue weighted by Crippen LogP contribution is -2.30. The van der Waals surface area contributed by atoms with Crippen LogP contribution in [0.3, 0.4) is 0 Å². The fourth-order valence-corrected chi connectivity index (χ4v) is 12.2. The van der Waals surface area contributed by atoms with E-state index in [1.807, 2.05) is 0 Å². The molecule has 0 fully saturated rings. The van der Waals surface area contributed by atoms with Gasteiger partial charge in [-0.2, -0.15) is 0 Å². The Labute approximate surface area is 514 Å². The van der Waals surface area contributed by atoms with Crippen LogP contribution >= 0.6 is 0 Å². The number of rotatable bonds is 72. The molecule has 1 unspecified atom stereocenters. The third-order valence-corrected chi connectivity index (χ3v) is 17.9. The Morgan fingerprint density at radius 1 is 0.195 bits per heavy atom. The molecule has 0 radical (unpaired) electrons. The minimum atomic E-state index is -0.762. The molecule has 0 aliphatic rings. The van der Waals surface area contributed by atoms with E-state index in [0.717, 1.165) is 57.8 Å². The second-order valence-electron chi connectivity index (χ2n) is 26.3. The van der Waals surface area contributed by atoms with E-state index >= 15 is 0 Å². The van der Waals surface area contributed by atoms with E-state index in [9.17, 15) is 14.4 Å². The molecule has 0 saturated carbocycles. The van der Waals surface area contributed by atoms with Gasteiger partial charge in [-0.3, -0.25) is 14.4 Å². The van der Waals surface area contributed by atoms with Crippen molar-refractivity contribution in [2.45, 2.75) is 457 Å². The fraction of sp³-hybridized carbons (Fsp3) is 0.961. The lowest BCUT2D eigenvalue weighted by molar-refractivity contribution is -0.167. The largest absolute Gasteiger partial charge is 0.462 e. The number of esters is 3. The molecule has 0 bridgehead atoms. The van der Waals surface area contributed by atoms with Gasteiger partial charge in [-0.15, -0.1) is 0 Å². The highest BCUT2D eigenvalue weighted by atomic mass is 16.6. The van der Waals surface area contributed by atoms with Gasteiger partial charge in [0.1, 0.15) is 13.2 Å². The highest BCUT2D eigenvalue weighted by Crippen LogP contribution is 2.20. The van der Waals surface area contributed by atoms with Crippen molar-refractivity contribution in [2.24, 2.45) is 0 Å². The van der Waals surface area contributed by atoms with Gasteiger partial charge in [-0.1, -0.05) is 412 Å². The van der Waals surface area contributed by atoms with Crippen molar-refractivity contribution in [3.8, 4) is 0 Å². The predicted octanol–water partition coefficient (Wildman–Crippen LogP) is 26.2. The summed E-state index contributed by atoms with van der Waals surface area (Å²) in [6.07, 6.45) is 86.5. The zero-order valence-corrected chi connectivity index (χ0v) is 56.3. The van der Waals surface area contributed by atoms with Crippen LogP contribution < -0.4 is 0 Å². The van der Waals surface area contributed by atoms with Crippen LogP contribution in [-0.4, -0.2) is 37.2 Å². The normalized spacial score (nSPS) is 11.9. The Hall–Kier alpha value is -1.59. The number of ether oxygens (including phenoxy) is 3. The molecule has 0 aliphatic heterocycles. The van der Waals surface area contributed by atoms with Crippen LogP contribution in [-0.2, 0) is 28.6 Å². The van der Waals surface area contributed by atoms with Crippen LogP contribution in [0, 0.1) is 0 Å². The van der Waals surface area contributed by atoms with Crippen LogP contribution in [0.2, 0.25) is 0 Å². The smallest absolute Gasteiger partial charge is 0.306 e. The van der Waals surface area contributed by atoms with E-state index in [0.29, 0.717) is 19.3 Å². The molecule has 0 amide bonds. The molecule has 0 spiro atoms. The maximum absolute atomic E-state index is 12.9. The third-order valence-electron chi connectivity index (χ3n) is 17.9. The maximum atomic E-state index is 12.9. The van der Waals surface area contributed by atoms with Gasteiger partial charge in [0.15, 0.2) is 6.10 Å². The van der Waals surface area contributed by atoms with Crippen molar-refractivity contribution >= 4 is 17.9 Å². The number of unbranched alkanes of at least 4 members (excludes halogenated alkanes) is 61. The molecule has 0 rings (SSSR count). The Bertz CT molecular complexity index is 1240. The molecule has 488 valence electrons. The van der Waals surface area contributed by atoms with E-state index in [-0.39, 0.29) is 31.1 Å². The van der Waals surface area contributed by atoms with Gasteiger partial charge in [-0.05, 0) is 19.3 Å². The fourth-order valence-electron chi connectivity index (χ4n) is 12.2. The van der Waals surface area contributed by atoms with Crippen LogP contribution in [0.4, 0.5) is 0 Å². The van der Waals surface area contributed by atoms with Gasteiger partial charge in [0.05, 0.1) is 0 Å². The highest BCUT2D eigenvalue weighted by Gasteiger charge is 2.20. The number of carbonyl (C=O) groups is 3. The molecule has 0 heterocycles. The summed E-state index contributed by atoms with van der Waals surface area (Å²) >= 11 is 0. The van der Waals surface area contributed by atoms with Gasteiger partial charge in [-0.25, -0.2) is 0 Å². The summed E-state index contributed by atoms with van der Waals surface area (Å²) in [5.74, 6) is -0.835. The van der Waals surface area contributed by atoms with Crippen LogP contribution in [0.25, 0.3) is 0 Å². The standard InChI is InChI=1S/C76H148O6/c1-4-7-10-13-16-18-20-22-24-26-28-30-32-34-35-36-37-38-39-40-41-42-43-45-46-48-50-52-54-56-58-60-63-66-69-75(78)81-72-73(71-80-74(77)68-65-62-15-12-9-6-3)82-76(79)70-67-64-61-59-57-55-53-51-49-47-44-33-31-29-27-25-23-21-19-17-14-11-8-5-2/h73H,4-72H2,1-3H3. The average Bonchev–Trinajstić information content (AvgIpc) is 3.47. The molecule has 82 heavy (non-hydrogen) atoms. The van der Waals surface area contributed by atoms with Crippen LogP contribution in [0.15, 0.2) is 0 Å². The first-order valence-corrected chi connectivity index (χ1v) is 38.0. The minimum absolute atomic E-state index is 0.0615. The molecule has 0 saturated heterocycles. The van der Waals surface area contributed by atoms with Gasteiger partial charge >= 0.3 is 17.9 Å². The molecular weight excluding hydrogens is 1010 g/mol. The summed E-state index contributed by atoms with van der Waals surface area (Å²) < 4.78 is 16.9. The number of hydrogen-bond acceptors (Lipinski definition) is 6. The molecule has 0 aromatic heterocycles. The number of hydrogen-bond donors (Lipinski definition) is 0. The van der Waals surface area contributed by atoms with Gasteiger partial charge in [0.25, 0.3) is 0 Å². The molecular formula is C76H148O6. The van der Waals surface area contributed by atoms with Crippen LogP contribution in [0.1, 0.15) is 451 Å². The summed E-state index contributed by atoms with van der Waals surface area (Å²) in [5.41, 5.74) is 0. The predicted molar refractivity (Wildman–Crippen MR) is 358 cm³/mol. The molecule has 0 aliphatic carbocycles. The summed E-state index contributed by atoms with van der Waals surface area (Å²) in [6.45, 7) is 6.68. The van der Waals surface area contributed by atoms with Crippen molar-refractivity contribution in [1.82, 2.24) is 0 Å². The first kappa shape index (κ1) is 80.4. The first-order chi connectivity index (χ1) is 40.5. The molecule has 6 nitrogen and oxygen atoms in total. The lowest BCUT2D eigenvalue weighted by atomic mass is 10.0.